The summed E-state index contributed by atoms with van der Waals surface area (Å²) in [5, 5.41) is 0. The van der Waals surface area contributed by atoms with Crippen molar-refractivity contribution in [1.29, 1.82) is 0 Å². The Morgan fingerprint density at radius 1 is 0.818 bits per heavy atom. The topological polar surface area (TPSA) is 85.7 Å². The predicted octanol–water partition coefficient (Wildman–Crippen LogP) is 5.62. The van der Waals surface area contributed by atoms with E-state index in [0.29, 0.717) is 16.7 Å². The van der Waals surface area contributed by atoms with Gasteiger partial charge < -0.3 is 0 Å². The number of carbonyl (C=O) groups excluding carboxylic acids is 2. The van der Waals surface area contributed by atoms with Crippen LogP contribution in [0.3, 0.4) is 0 Å². The smallest absolute Gasteiger partial charge is 0.197 e. The largest absolute Gasteiger partial charge is 0.288 e. The molecule has 5 rings (SSSR count). The normalized spacial score (nSPS) is 13.8. The summed E-state index contributed by atoms with van der Waals surface area (Å²) >= 11 is 1.13. The van der Waals surface area contributed by atoms with Gasteiger partial charge in [-0.15, -0.1) is 0 Å². The van der Waals surface area contributed by atoms with Crippen LogP contribution in [-0.4, -0.2) is 30.3 Å². The van der Waals surface area contributed by atoms with E-state index in [4.69, 9.17) is 4.98 Å². The number of hydrogen-bond donors (Lipinski definition) is 0. The van der Waals surface area contributed by atoms with Crippen molar-refractivity contribution in [1.82, 2.24) is 18.7 Å². The van der Waals surface area contributed by atoms with E-state index >= 15 is 0 Å². The van der Waals surface area contributed by atoms with Gasteiger partial charge in [0.25, 0.3) is 0 Å². The highest BCUT2D eigenvalue weighted by Gasteiger charge is 2.35. The summed E-state index contributed by atoms with van der Waals surface area (Å²) in [7, 11) is 0. The molecule has 4 aromatic rings. The molecule has 0 radical (unpaired) electrons. The number of Topliss-reactive ketones (excluding diaryl/α,β-unsaturated/α-hetero) is 2. The van der Waals surface area contributed by atoms with Gasteiger partial charge in [-0.2, -0.15) is 8.75 Å². The van der Waals surface area contributed by atoms with Crippen LogP contribution in [-0.2, 0) is 0 Å². The van der Waals surface area contributed by atoms with E-state index in [-0.39, 0.29) is 28.5 Å². The van der Waals surface area contributed by atoms with E-state index in [9.17, 15) is 18.4 Å². The Kier molecular flexibility index (Phi) is 4.89. The Morgan fingerprint density at radius 2 is 1.33 bits per heavy atom. The minimum Gasteiger partial charge on any atom is -0.288 e. The molecule has 1 aliphatic carbocycles. The van der Waals surface area contributed by atoms with Gasteiger partial charge in [0.15, 0.2) is 23.2 Å². The number of rotatable bonds is 3. The summed E-state index contributed by atoms with van der Waals surface area (Å²) in [4.78, 5) is 34.9. The first-order valence-corrected chi connectivity index (χ1v) is 11.2. The SMILES string of the molecule is CC(C)c1c2ncc(C=C3C(=O)c4cc(F)c(F)cc4C3=O)nc2c(C(C)C)c2nsnc12. The number of fused-ring (bicyclic) bond motifs is 3. The first kappa shape index (κ1) is 21.4. The molecule has 0 aliphatic heterocycles. The summed E-state index contributed by atoms with van der Waals surface area (Å²) in [6.45, 7) is 8.15. The van der Waals surface area contributed by atoms with E-state index < -0.39 is 23.2 Å². The molecule has 0 bridgehead atoms. The Labute approximate surface area is 191 Å². The molecule has 33 heavy (non-hydrogen) atoms. The lowest BCUT2D eigenvalue weighted by Gasteiger charge is -2.16. The van der Waals surface area contributed by atoms with Crippen molar-refractivity contribution in [3.05, 3.63) is 63.5 Å². The van der Waals surface area contributed by atoms with Crippen LogP contribution in [0.1, 0.15) is 77.1 Å². The molecule has 2 aromatic carbocycles. The van der Waals surface area contributed by atoms with Crippen LogP contribution in [0.15, 0.2) is 23.9 Å². The van der Waals surface area contributed by atoms with Crippen LogP contribution in [0.5, 0.6) is 0 Å². The molecular formula is C24H18F2N4O2S. The second-order valence-electron chi connectivity index (χ2n) is 8.62. The Balaban J connectivity index is 1.73. The summed E-state index contributed by atoms with van der Waals surface area (Å²) in [6, 6.07) is 1.52. The molecule has 1 aliphatic rings. The summed E-state index contributed by atoms with van der Waals surface area (Å²) in [5.74, 6) is -3.49. The minimum absolute atomic E-state index is 0.0715. The number of allylic oxidation sites excluding steroid dienone is 1. The van der Waals surface area contributed by atoms with Crippen molar-refractivity contribution in [2.45, 2.75) is 39.5 Å². The maximum atomic E-state index is 13.6. The van der Waals surface area contributed by atoms with Gasteiger partial charge >= 0.3 is 0 Å². The molecule has 0 unspecified atom stereocenters. The summed E-state index contributed by atoms with van der Waals surface area (Å²) in [6.07, 6.45) is 2.82. The zero-order valence-electron chi connectivity index (χ0n) is 18.2. The highest BCUT2D eigenvalue weighted by Crippen LogP contribution is 2.38. The van der Waals surface area contributed by atoms with Crippen molar-refractivity contribution in [3.8, 4) is 0 Å². The third-order valence-corrected chi connectivity index (χ3v) is 6.31. The van der Waals surface area contributed by atoms with Gasteiger partial charge in [0.2, 0.25) is 0 Å². The van der Waals surface area contributed by atoms with E-state index in [1.54, 1.807) is 0 Å². The fourth-order valence-corrected chi connectivity index (χ4v) is 4.89. The van der Waals surface area contributed by atoms with Gasteiger partial charge in [-0.3, -0.25) is 14.6 Å². The molecular weight excluding hydrogens is 446 g/mol. The lowest BCUT2D eigenvalue weighted by Crippen LogP contribution is -2.04. The molecule has 2 aromatic heterocycles. The maximum Gasteiger partial charge on any atom is 0.197 e. The fraction of sp³-hybridized carbons (Fsp3) is 0.250. The molecule has 0 atom stereocenters. The Hall–Kier alpha value is -3.46. The number of carbonyl (C=O) groups is 2. The molecule has 0 fully saturated rings. The average molecular weight is 464 g/mol. The third-order valence-electron chi connectivity index (χ3n) is 5.79. The molecule has 2 heterocycles. The van der Waals surface area contributed by atoms with Crippen molar-refractivity contribution in [2.75, 3.05) is 0 Å². The van der Waals surface area contributed by atoms with Crippen LogP contribution < -0.4 is 0 Å². The highest BCUT2D eigenvalue weighted by atomic mass is 32.1. The van der Waals surface area contributed by atoms with E-state index in [2.05, 4.69) is 13.7 Å². The molecule has 0 spiro atoms. The van der Waals surface area contributed by atoms with E-state index in [0.717, 1.165) is 46.0 Å². The van der Waals surface area contributed by atoms with Gasteiger partial charge in [0.1, 0.15) is 11.0 Å². The predicted molar refractivity (Wildman–Crippen MR) is 122 cm³/mol. The van der Waals surface area contributed by atoms with Crippen molar-refractivity contribution >= 4 is 51.4 Å². The van der Waals surface area contributed by atoms with Crippen LogP contribution in [0.4, 0.5) is 8.78 Å². The fourth-order valence-electron chi connectivity index (χ4n) is 4.31. The first-order valence-electron chi connectivity index (χ1n) is 10.4. The van der Waals surface area contributed by atoms with E-state index in [1.165, 1.54) is 12.3 Å². The molecule has 166 valence electrons. The number of hydrogen-bond acceptors (Lipinski definition) is 7. The van der Waals surface area contributed by atoms with Gasteiger partial charge in [-0.05, 0) is 30.0 Å². The van der Waals surface area contributed by atoms with Crippen LogP contribution >= 0.6 is 11.7 Å². The average Bonchev–Trinajstić information content (AvgIpc) is 3.31. The molecule has 0 N–H and O–H groups in total. The van der Waals surface area contributed by atoms with Crippen LogP contribution in [0.2, 0.25) is 0 Å². The van der Waals surface area contributed by atoms with Gasteiger partial charge in [-0.1, -0.05) is 27.7 Å². The highest BCUT2D eigenvalue weighted by molar-refractivity contribution is 7.00. The molecule has 9 heteroatoms. The number of ketones is 2. The zero-order chi connectivity index (χ0) is 23.6. The lowest BCUT2D eigenvalue weighted by atomic mass is 9.92. The maximum absolute atomic E-state index is 13.6. The monoisotopic (exact) mass is 464 g/mol. The van der Waals surface area contributed by atoms with Crippen molar-refractivity contribution in [2.24, 2.45) is 0 Å². The van der Waals surface area contributed by atoms with Crippen LogP contribution in [0.25, 0.3) is 28.1 Å². The van der Waals surface area contributed by atoms with Crippen molar-refractivity contribution in [3.63, 3.8) is 0 Å². The Bertz CT molecular complexity index is 1500. The van der Waals surface area contributed by atoms with Crippen LogP contribution in [0, 0.1) is 11.6 Å². The number of halogens is 2. The zero-order valence-corrected chi connectivity index (χ0v) is 19.1. The lowest BCUT2D eigenvalue weighted by molar-refractivity contribution is 0.0990. The van der Waals surface area contributed by atoms with Gasteiger partial charge in [0, 0.05) is 22.3 Å². The molecule has 0 saturated carbocycles. The van der Waals surface area contributed by atoms with Crippen molar-refractivity contribution < 1.29 is 18.4 Å². The number of benzene rings is 2. The minimum atomic E-state index is -1.18. The first-order chi connectivity index (χ1) is 15.7. The molecule has 6 nitrogen and oxygen atoms in total. The quantitative estimate of drug-likeness (QED) is 0.289. The summed E-state index contributed by atoms with van der Waals surface area (Å²) < 4.78 is 36.3. The van der Waals surface area contributed by atoms with Gasteiger partial charge in [0.05, 0.1) is 40.2 Å². The second kappa shape index (κ2) is 7.55. The Morgan fingerprint density at radius 3 is 1.85 bits per heavy atom. The standard InChI is InChI=1S/C24H18F2N4O2S/c1-9(2)17-19-20(18(10(3)4)22-21(17)29-33-30-22)28-11(8-27-19)5-14-23(31)12-6-15(25)16(26)7-13(12)24(14)32/h5-10H,1-4H3. The third kappa shape index (κ3) is 3.18. The van der Waals surface area contributed by atoms with E-state index in [1.807, 2.05) is 27.7 Å². The van der Waals surface area contributed by atoms with Gasteiger partial charge in [-0.25, -0.2) is 13.8 Å². The molecule has 0 amide bonds. The molecule has 0 saturated heterocycles. The number of nitrogens with zero attached hydrogens (tertiary/aromatic N) is 4. The number of aromatic nitrogens is 4. The summed E-state index contributed by atoms with van der Waals surface area (Å²) in [5.41, 5.74) is 4.55. The second-order valence-corrected chi connectivity index (χ2v) is 9.15.